The molecule has 1 aliphatic heterocycles. The molecule has 0 saturated carbocycles. The van der Waals surface area contributed by atoms with Gasteiger partial charge >= 0.3 is 5.97 Å². The number of aryl methyl sites for hydroxylation is 1. The Morgan fingerprint density at radius 3 is 2.32 bits per heavy atom. The van der Waals surface area contributed by atoms with Crippen molar-refractivity contribution < 1.29 is 14.6 Å². The number of nitrogens with zero attached hydrogens (tertiary/aromatic N) is 2. The number of benzene rings is 3. The standard InChI is InChI=1S/C31H33ClN2O3/c1-18-16-23-26(21-12-14-22(32)15-13-21)25(29(30(35)36)37-31(3,4)5)19(2)27-28(23)34(18)24(17-33(27)6)20-10-8-7-9-11-20/h7-16,24,29H,17H2,1-6H3,(H,35,36)/t24?,29-/m0/s1. The molecule has 2 atom stereocenters. The minimum Gasteiger partial charge on any atom is -0.479 e. The summed E-state index contributed by atoms with van der Waals surface area (Å²) >= 11 is 6.25. The molecule has 1 N–H and O–H groups in total. The van der Waals surface area contributed by atoms with Crippen LogP contribution in [0.5, 0.6) is 0 Å². The molecule has 1 aromatic heterocycles. The Hall–Kier alpha value is -3.28. The van der Waals surface area contributed by atoms with Gasteiger partial charge in [0.25, 0.3) is 0 Å². The van der Waals surface area contributed by atoms with Crippen LogP contribution in [0, 0.1) is 13.8 Å². The first-order valence-electron chi connectivity index (χ1n) is 12.6. The predicted molar refractivity (Wildman–Crippen MR) is 151 cm³/mol. The van der Waals surface area contributed by atoms with Crippen LogP contribution in [-0.2, 0) is 9.53 Å². The van der Waals surface area contributed by atoms with Gasteiger partial charge in [-0.05, 0) is 75.1 Å². The van der Waals surface area contributed by atoms with Crippen molar-refractivity contribution in [3.8, 4) is 11.1 Å². The van der Waals surface area contributed by atoms with Gasteiger partial charge in [0.1, 0.15) is 0 Å². The highest BCUT2D eigenvalue weighted by atomic mass is 35.5. The number of rotatable bonds is 5. The largest absolute Gasteiger partial charge is 0.479 e. The Labute approximate surface area is 223 Å². The number of aromatic nitrogens is 1. The summed E-state index contributed by atoms with van der Waals surface area (Å²) in [4.78, 5) is 15.0. The van der Waals surface area contributed by atoms with Gasteiger partial charge in [-0.2, -0.15) is 0 Å². The summed E-state index contributed by atoms with van der Waals surface area (Å²) in [6, 6.07) is 20.5. The number of hydrogen-bond acceptors (Lipinski definition) is 3. The van der Waals surface area contributed by atoms with E-state index in [0.29, 0.717) is 10.6 Å². The summed E-state index contributed by atoms with van der Waals surface area (Å²) in [5, 5.41) is 12.1. The summed E-state index contributed by atoms with van der Waals surface area (Å²) in [7, 11) is 2.09. The highest BCUT2D eigenvalue weighted by Crippen LogP contribution is 2.49. The maximum Gasteiger partial charge on any atom is 0.337 e. The molecule has 6 heteroatoms. The highest BCUT2D eigenvalue weighted by Gasteiger charge is 2.37. The second-order valence-electron chi connectivity index (χ2n) is 10.9. The van der Waals surface area contributed by atoms with Crippen molar-refractivity contribution in [1.82, 2.24) is 4.57 Å². The van der Waals surface area contributed by atoms with Crippen molar-refractivity contribution in [2.75, 3.05) is 18.5 Å². The molecule has 0 aliphatic carbocycles. The van der Waals surface area contributed by atoms with E-state index in [2.05, 4.69) is 53.8 Å². The molecule has 3 aromatic carbocycles. The first-order valence-corrected chi connectivity index (χ1v) is 13.0. The molecular formula is C31H33ClN2O3. The maximum atomic E-state index is 12.7. The van der Waals surface area contributed by atoms with Crippen LogP contribution < -0.4 is 4.90 Å². The number of carbonyl (C=O) groups is 1. The number of carboxylic acids is 1. The number of aliphatic carboxylic acids is 1. The third kappa shape index (κ3) is 4.41. The molecule has 0 radical (unpaired) electrons. The van der Waals surface area contributed by atoms with Gasteiger partial charge in [-0.1, -0.05) is 54.1 Å². The van der Waals surface area contributed by atoms with Crippen LogP contribution in [-0.4, -0.2) is 34.8 Å². The molecule has 2 heterocycles. The van der Waals surface area contributed by atoms with Gasteiger partial charge in [-0.15, -0.1) is 0 Å². The maximum absolute atomic E-state index is 12.7. The van der Waals surface area contributed by atoms with Gasteiger partial charge in [0.2, 0.25) is 0 Å². The summed E-state index contributed by atoms with van der Waals surface area (Å²) in [5.74, 6) is -1.00. The minimum absolute atomic E-state index is 0.139. The average molecular weight is 517 g/mol. The van der Waals surface area contributed by atoms with Crippen molar-refractivity contribution in [3.63, 3.8) is 0 Å². The Kier molecular flexibility index (Phi) is 6.33. The SMILES string of the molecule is Cc1c([C@H](OC(C)(C)C)C(=O)O)c(-c2ccc(Cl)cc2)c2cc(C)n3c2c1N(C)CC3c1ccccc1. The van der Waals surface area contributed by atoms with Crippen molar-refractivity contribution in [3.05, 3.63) is 88.1 Å². The fourth-order valence-corrected chi connectivity index (χ4v) is 5.92. The summed E-state index contributed by atoms with van der Waals surface area (Å²) < 4.78 is 8.64. The Balaban J connectivity index is 1.90. The van der Waals surface area contributed by atoms with Crippen LogP contribution >= 0.6 is 11.6 Å². The predicted octanol–water partition coefficient (Wildman–Crippen LogP) is 7.56. The molecule has 5 rings (SSSR count). The zero-order valence-electron chi connectivity index (χ0n) is 22.2. The summed E-state index contributed by atoms with van der Waals surface area (Å²) in [5.41, 5.74) is 7.30. The van der Waals surface area contributed by atoms with Crippen LogP contribution in [0.4, 0.5) is 5.69 Å². The molecule has 0 saturated heterocycles. The second-order valence-corrected chi connectivity index (χ2v) is 11.4. The lowest BCUT2D eigenvalue weighted by molar-refractivity contribution is -0.160. The van der Waals surface area contributed by atoms with Crippen LogP contribution in [0.25, 0.3) is 22.0 Å². The molecule has 0 amide bonds. The number of halogens is 1. The van der Waals surface area contributed by atoms with Crippen LogP contribution in [0.1, 0.15) is 55.3 Å². The van der Waals surface area contributed by atoms with Crippen molar-refractivity contribution in [2.45, 2.75) is 52.4 Å². The Bertz CT molecular complexity index is 1480. The van der Waals surface area contributed by atoms with Crippen molar-refractivity contribution >= 4 is 34.2 Å². The third-order valence-corrected chi connectivity index (χ3v) is 7.42. The van der Waals surface area contributed by atoms with E-state index in [0.717, 1.165) is 45.5 Å². The fourth-order valence-electron chi connectivity index (χ4n) is 5.80. The van der Waals surface area contributed by atoms with Crippen molar-refractivity contribution in [1.29, 1.82) is 0 Å². The van der Waals surface area contributed by atoms with E-state index in [1.165, 1.54) is 5.56 Å². The smallest absolute Gasteiger partial charge is 0.337 e. The number of hydrogen-bond donors (Lipinski definition) is 1. The minimum atomic E-state index is -1.13. The van der Waals surface area contributed by atoms with Gasteiger partial charge in [0, 0.05) is 35.3 Å². The van der Waals surface area contributed by atoms with Gasteiger partial charge < -0.3 is 19.3 Å². The Morgan fingerprint density at radius 1 is 1.08 bits per heavy atom. The number of ether oxygens (including phenoxy) is 1. The number of likely N-dealkylation sites (N-methyl/N-ethyl adjacent to an activating group) is 1. The van der Waals surface area contributed by atoms with Gasteiger partial charge in [-0.3, -0.25) is 0 Å². The molecule has 37 heavy (non-hydrogen) atoms. The van der Waals surface area contributed by atoms with Gasteiger partial charge in [-0.25, -0.2) is 4.79 Å². The zero-order chi connectivity index (χ0) is 26.6. The quantitative estimate of drug-likeness (QED) is 0.297. The zero-order valence-corrected chi connectivity index (χ0v) is 22.9. The molecule has 0 fully saturated rings. The molecular weight excluding hydrogens is 484 g/mol. The average Bonchev–Trinajstić information content (AvgIpc) is 3.17. The number of carboxylic acid groups (broad SMARTS) is 1. The van der Waals surface area contributed by atoms with E-state index < -0.39 is 17.7 Å². The van der Waals surface area contributed by atoms with E-state index in [4.69, 9.17) is 16.3 Å². The molecule has 0 spiro atoms. The number of anilines is 1. The molecule has 1 unspecified atom stereocenters. The van der Waals surface area contributed by atoms with Crippen LogP contribution in [0.3, 0.4) is 0 Å². The summed E-state index contributed by atoms with van der Waals surface area (Å²) in [6.07, 6.45) is -1.13. The van der Waals surface area contributed by atoms with E-state index in [-0.39, 0.29) is 6.04 Å². The highest BCUT2D eigenvalue weighted by molar-refractivity contribution is 6.30. The first-order chi connectivity index (χ1) is 17.5. The monoisotopic (exact) mass is 516 g/mol. The van der Waals surface area contributed by atoms with Crippen LogP contribution in [0.2, 0.25) is 5.02 Å². The van der Waals surface area contributed by atoms with E-state index in [9.17, 15) is 9.90 Å². The Morgan fingerprint density at radius 2 is 1.73 bits per heavy atom. The topological polar surface area (TPSA) is 54.7 Å². The molecule has 0 bridgehead atoms. The van der Waals surface area contributed by atoms with Gasteiger partial charge in [0.05, 0.1) is 22.8 Å². The van der Waals surface area contributed by atoms with E-state index >= 15 is 0 Å². The normalized spacial score (nSPS) is 16.3. The fraction of sp³-hybridized carbons (Fsp3) is 0.323. The second kappa shape index (κ2) is 9.23. The molecule has 5 nitrogen and oxygen atoms in total. The third-order valence-electron chi connectivity index (χ3n) is 7.17. The molecule has 1 aliphatic rings. The lowest BCUT2D eigenvalue weighted by Crippen LogP contribution is -2.34. The van der Waals surface area contributed by atoms with E-state index in [1.54, 1.807) is 0 Å². The molecule has 4 aromatic rings. The lowest BCUT2D eigenvalue weighted by Gasteiger charge is -2.38. The summed E-state index contributed by atoms with van der Waals surface area (Å²) in [6.45, 7) is 10.6. The first kappa shape index (κ1) is 25.4. The van der Waals surface area contributed by atoms with Gasteiger partial charge in [0.15, 0.2) is 6.10 Å². The molecule has 192 valence electrons. The van der Waals surface area contributed by atoms with Crippen LogP contribution in [0.15, 0.2) is 60.7 Å². The van der Waals surface area contributed by atoms with Crippen molar-refractivity contribution in [2.24, 2.45) is 0 Å². The van der Waals surface area contributed by atoms with E-state index in [1.807, 2.05) is 58.0 Å². The lowest BCUT2D eigenvalue weighted by atomic mass is 9.86.